The third-order valence-electron chi connectivity index (χ3n) is 7.33. The average molecular weight is 633 g/mol. The topological polar surface area (TPSA) is 134 Å². The predicted molar refractivity (Wildman–Crippen MR) is 170 cm³/mol. The van der Waals surface area contributed by atoms with E-state index in [0.29, 0.717) is 29.4 Å². The van der Waals surface area contributed by atoms with Gasteiger partial charge in [-0.05, 0) is 86.1 Å². The lowest BCUT2D eigenvalue weighted by atomic mass is 10.0. The van der Waals surface area contributed by atoms with E-state index >= 15 is 0 Å². The van der Waals surface area contributed by atoms with E-state index in [4.69, 9.17) is 9.47 Å². The molecule has 0 fully saturated rings. The standard InChI is InChI=1S/C33H36N4O7S/c1-5-43-29-19-23(11-13-28(29)44-21(2)3)30(34-25-12-10-24-20-36(4)15-14-22(24)18-25)31(38)35-45(41,42)17-16-37-32(39)26-8-6-7-9-27(26)33(37)40/h6-15,18-19,21,30,34H,5,16-17,20H2,1-4H3,(H,35,38). The van der Waals surface area contributed by atoms with E-state index in [1.165, 1.54) is 12.1 Å². The second-order valence-corrected chi connectivity index (χ2v) is 13.0. The van der Waals surface area contributed by atoms with Crippen molar-refractivity contribution >= 4 is 39.5 Å². The maximum absolute atomic E-state index is 13.7. The van der Waals surface area contributed by atoms with Crippen molar-refractivity contribution in [3.63, 3.8) is 0 Å². The van der Waals surface area contributed by atoms with Crippen LogP contribution in [0.5, 0.6) is 11.5 Å². The molecule has 0 aromatic heterocycles. The largest absolute Gasteiger partial charge is 0.490 e. The van der Waals surface area contributed by atoms with Gasteiger partial charge in [0.05, 0.1) is 29.6 Å². The molecule has 0 saturated carbocycles. The summed E-state index contributed by atoms with van der Waals surface area (Å²) in [4.78, 5) is 42.1. The molecule has 0 spiro atoms. The molecule has 5 rings (SSSR count). The smallest absolute Gasteiger partial charge is 0.261 e. The van der Waals surface area contributed by atoms with E-state index in [2.05, 4.69) is 14.9 Å². The number of sulfonamides is 1. The molecule has 2 N–H and O–H groups in total. The number of carbonyl (C=O) groups is 3. The molecule has 11 nitrogen and oxygen atoms in total. The highest BCUT2D eigenvalue weighted by Gasteiger charge is 2.36. The van der Waals surface area contributed by atoms with Crippen molar-refractivity contribution < 1.29 is 32.3 Å². The van der Waals surface area contributed by atoms with Gasteiger partial charge in [-0.3, -0.25) is 24.0 Å². The molecule has 1 unspecified atom stereocenters. The molecule has 0 bridgehead atoms. The Hall–Kier alpha value is -4.84. The summed E-state index contributed by atoms with van der Waals surface area (Å²) in [5.41, 5.74) is 3.56. The summed E-state index contributed by atoms with van der Waals surface area (Å²) in [5, 5.41) is 3.19. The van der Waals surface area contributed by atoms with Gasteiger partial charge in [0.1, 0.15) is 6.04 Å². The van der Waals surface area contributed by atoms with Crippen LogP contribution in [-0.4, -0.2) is 68.0 Å². The van der Waals surface area contributed by atoms with Crippen LogP contribution in [0, 0.1) is 0 Å². The Morgan fingerprint density at radius 2 is 1.69 bits per heavy atom. The monoisotopic (exact) mass is 632 g/mol. The third kappa shape index (κ3) is 7.12. The number of hydrogen-bond acceptors (Lipinski definition) is 9. The number of carbonyl (C=O) groups excluding carboxylic acids is 3. The van der Waals surface area contributed by atoms with E-state index in [1.54, 1.807) is 30.3 Å². The fourth-order valence-electron chi connectivity index (χ4n) is 5.22. The second kappa shape index (κ2) is 13.0. The van der Waals surface area contributed by atoms with Gasteiger partial charge in [0, 0.05) is 25.8 Å². The lowest BCUT2D eigenvalue weighted by molar-refractivity contribution is -0.120. The average Bonchev–Trinajstić information content (AvgIpc) is 3.24. The number of benzene rings is 3. The molecule has 2 heterocycles. The van der Waals surface area contributed by atoms with E-state index in [1.807, 2.05) is 58.3 Å². The molecule has 0 aliphatic carbocycles. The first-order valence-electron chi connectivity index (χ1n) is 14.7. The summed E-state index contributed by atoms with van der Waals surface area (Å²) in [6.07, 6.45) is 3.80. The molecular formula is C33H36N4O7S. The SMILES string of the molecule is CCOc1cc(C(Nc2ccc3c(c2)C=CN(C)C3)C(=O)NS(=O)(=O)CCN2C(=O)c3ccccc3C2=O)ccc1OC(C)C. The molecule has 45 heavy (non-hydrogen) atoms. The van der Waals surface area contributed by atoms with Gasteiger partial charge in [-0.2, -0.15) is 0 Å². The van der Waals surface area contributed by atoms with Crippen LogP contribution in [0.25, 0.3) is 6.08 Å². The van der Waals surface area contributed by atoms with Crippen LogP contribution >= 0.6 is 0 Å². The van der Waals surface area contributed by atoms with Crippen molar-refractivity contribution in [3.8, 4) is 11.5 Å². The molecule has 3 aromatic carbocycles. The van der Waals surface area contributed by atoms with Gasteiger partial charge in [0.2, 0.25) is 10.0 Å². The Morgan fingerprint density at radius 3 is 2.36 bits per heavy atom. The summed E-state index contributed by atoms with van der Waals surface area (Å²) >= 11 is 0. The number of ether oxygens (including phenoxy) is 2. The number of fused-ring (bicyclic) bond motifs is 2. The summed E-state index contributed by atoms with van der Waals surface area (Å²) in [6, 6.07) is 15.8. The summed E-state index contributed by atoms with van der Waals surface area (Å²) in [7, 11) is -2.30. The fraction of sp³-hybridized carbons (Fsp3) is 0.303. The van der Waals surface area contributed by atoms with Crippen LogP contribution in [0.4, 0.5) is 5.69 Å². The van der Waals surface area contributed by atoms with Gasteiger partial charge in [-0.25, -0.2) is 8.42 Å². The number of rotatable bonds is 12. The normalized spacial score (nSPS) is 14.7. The van der Waals surface area contributed by atoms with Gasteiger partial charge in [0.15, 0.2) is 11.5 Å². The van der Waals surface area contributed by atoms with E-state index < -0.39 is 46.1 Å². The molecular weight excluding hydrogens is 596 g/mol. The van der Waals surface area contributed by atoms with E-state index in [9.17, 15) is 22.8 Å². The zero-order chi connectivity index (χ0) is 32.3. The molecule has 0 saturated heterocycles. The van der Waals surface area contributed by atoms with Crippen molar-refractivity contribution in [2.45, 2.75) is 39.5 Å². The summed E-state index contributed by atoms with van der Waals surface area (Å²) < 4.78 is 40.2. The number of anilines is 1. The first-order chi connectivity index (χ1) is 21.5. The van der Waals surface area contributed by atoms with Crippen molar-refractivity contribution in [1.82, 2.24) is 14.5 Å². The lowest BCUT2D eigenvalue weighted by Gasteiger charge is -2.24. The highest BCUT2D eigenvalue weighted by Crippen LogP contribution is 2.33. The van der Waals surface area contributed by atoms with Crippen LogP contribution in [0.3, 0.4) is 0 Å². The Morgan fingerprint density at radius 1 is 0.978 bits per heavy atom. The zero-order valence-corrected chi connectivity index (χ0v) is 26.4. The van der Waals surface area contributed by atoms with Crippen LogP contribution in [0.15, 0.2) is 66.9 Å². The van der Waals surface area contributed by atoms with Gasteiger partial charge >= 0.3 is 0 Å². The second-order valence-electron chi connectivity index (χ2n) is 11.1. The van der Waals surface area contributed by atoms with Gasteiger partial charge in [-0.15, -0.1) is 0 Å². The minimum atomic E-state index is -4.27. The van der Waals surface area contributed by atoms with Gasteiger partial charge < -0.3 is 19.7 Å². The fourth-order valence-corrected chi connectivity index (χ4v) is 6.17. The third-order valence-corrected chi connectivity index (χ3v) is 8.56. The first kappa shape index (κ1) is 31.6. The predicted octanol–water partition coefficient (Wildman–Crippen LogP) is 4.18. The van der Waals surface area contributed by atoms with Crippen molar-refractivity contribution in [1.29, 1.82) is 0 Å². The molecule has 0 radical (unpaired) electrons. The maximum atomic E-state index is 13.7. The quantitative estimate of drug-likeness (QED) is 0.282. The minimum absolute atomic E-state index is 0.123. The first-order valence-corrected chi connectivity index (χ1v) is 16.3. The van der Waals surface area contributed by atoms with Gasteiger partial charge in [0.25, 0.3) is 17.7 Å². The highest BCUT2D eigenvalue weighted by molar-refractivity contribution is 7.90. The molecule has 1 atom stereocenters. The van der Waals surface area contributed by atoms with Crippen molar-refractivity contribution in [3.05, 3.63) is 94.7 Å². The number of hydrogen-bond donors (Lipinski definition) is 2. The molecule has 2 aliphatic heterocycles. The Labute approximate surface area is 262 Å². The summed E-state index contributed by atoms with van der Waals surface area (Å²) in [5.74, 6) is -1.74. The van der Waals surface area contributed by atoms with Crippen LogP contribution in [-0.2, 0) is 21.4 Å². The molecule has 236 valence electrons. The van der Waals surface area contributed by atoms with E-state index in [-0.39, 0.29) is 17.2 Å². The molecule has 3 aromatic rings. The molecule has 12 heteroatoms. The van der Waals surface area contributed by atoms with Gasteiger partial charge in [-0.1, -0.05) is 24.3 Å². The number of imide groups is 1. The molecule has 3 amide bonds. The number of nitrogens with one attached hydrogen (secondary N) is 2. The van der Waals surface area contributed by atoms with E-state index in [0.717, 1.165) is 22.6 Å². The van der Waals surface area contributed by atoms with Crippen molar-refractivity contribution in [2.75, 3.05) is 31.3 Å². The number of amides is 3. The van der Waals surface area contributed by atoms with Crippen LogP contribution in [0.1, 0.15) is 64.2 Å². The Kier molecular flexibility index (Phi) is 9.14. The zero-order valence-electron chi connectivity index (χ0n) is 25.6. The Bertz CT molecular complexity index is 1740. The minimum Gasteiger partial charge on any atom is -0.490 e. The van der Waals surface area contributed by atoms with Crippen molar-refractivity contribution in [2.24, 2.45) is 0 Å². The number of nitrogens with zero attached hydrogens (tertiary/aromatic N) is 2. The molecule has 2 aliphatic rings. The Balaban J connectivity index is 1.39. The maximum Gasteiger partial charge on any atom is 0.261 e. The lowest BCUT2D eigenvalue weighted by Crippen LogP contribution is -2.42. The summed E-state index contributed by atoms with van der Waals surface area (Å²) in [6.45, 7) is 6.27. The van der Waals surface area contributed by atoms with Crippen LogP contribution < -0.4 is 19.5 Å². The highest BCUT2D eigenvalue weighted by atomic mass is 32.2. The van der Waals surface area contributed by atoms with Crippen LogP contribution in [0.2, 0.25) is 0 Å².